The number of nitro benzene ring substituents is 1. The normalized spacial score (nSPS) is 16.2. The summed E-state index contributed by atoms with van der Waals surface area (Å²) in [6.07, 6.45) is 0. The van der Waals surface area contributed by atoms with Crippen LogP contribution in [0.3, 0.4) is 0 Å². The van der Waals surface area contributed by atoms with E-state index in [-0.39, 0.29) is 5.69 Å². The minimum absolute atomic E-state index is 0.0236. The van der Waals surface area contributed by atoms with Crippen molar-refractivity contribution in [2.75, 3.05) is 31.1 Å². The largest absolute Gasteiger partial charge is 0.368 e. The summed E-state index contributed by atoms with van der Waals surface area (Å²) in [5, 5.41) is 15.2. The molecule has 0 N–H and O–H groups in total. The molecule has 1 saturated heterocycles. The summed E-state index contributed by atoms with van der Waals surface area (Å²) in [6.45, 7) is 3.20. The number of non-ortho nitro benzene ring substituents is 1. The molecule has 0 unspecified atom stereocenters. The van der Waals surface area contributed by atoms with E-state index in [0.29, 0.717) is 5.02 Å². The molecule has 1 radical (unpaired) electrons. The van der Waals surface area contributed by atoms with Crippen LogP contribution in [0.4, 0.5) is 11.4 Å². The van der Waals surface area contributed by atoms with E-state index in [0.717, 1.165) is 31.9 Å². The van der Waals surface area contributed by atoms with Crippen molar-refractivity contribution < 1.29 is 4.92 Å². The van der Waals surface area contributed by atoms with E-state index < -0.39 is 4.92 Å². The van der Waals surface area contributed by atoms with Crippen LogP contribution in [-0.2, 0) is 0 Å². The fourth-order valence-corrected chi connectivity index (χ4v) is 2.01. The number of anilines is 1. The number of hydrogen-bond acceptors (Lipinski definition) is 3. The van der Waals surface area contributed by atoms with Gasteiger partial charge < -0.3 is 4.90 Å². The molecule has 85 valence electrons. The number of benzene rings is 1. The van der Waals surface area contributed by atoms with Gasteiger partial charge in [-0.3, -0.25) is 10.1 Å². The molecule has 1 heterocycles. The Kier molecular flexibility index (Phi) is 3.26. The highest BCUT2D eigenvalue weighted by Gasteiger charge is 2.16. The van der Waals surface area contributed by atoms with Crippen LogP contribution in [0.1, 0.15) is 0 Å². The van der Waals surface area contributed by atoms with Gasteiger partial charge in [-0.2, -0.15) is 0 Å². The number of hydrogen-bond donors (Lipinski definition) is 0. The van der Waals surface area contributed by atoms with E-state index in [4.69, 9.17) is 11.6 Å². The van der Waals surface area contributed by atoms with Gasteiger partial charge in [0.25, 0.3) is 5.69 Å². The summed E-state index contributed by atoms with van der Waals surface area (Å²) in [5.74, 6) is 0. The summed E-state index contributed by atoms with van der Waals surface area (Å²) in [6, 6.07) is 4.57. The average molecular weight is 241 g/mol. The Labute approximate surface area is 98.2 Å². The maximum atomic E-state index is 10.6. The Balaban J connectivity index is 2.24. The van der Waals surface area contributed by atoms with Gasteiger partial charge in [0.05, 0.1) is 15.6 Å². The van der Waals surface area contributed by atoms with Crippen molar-refractivity contribution in [1.82, 2.24) is 5.32 Å². The third-order valence-corrected chi connectivity index (χ3v) is 2.84. The van der Waals surface area contributed by atoms with E-state index in [2.05, 4.69) is 10.2 Å². The second-order valence-electron chi connectivity index (χ2n) is 3.55. The molecule has 2 rings (SSSR count). The van der Waals surface area contributed by atoms with Crippen molar-refractivity contribution in [2.24, 2.45) is 0 Å². The Morgan fingerprint density at radius 2 is 2.06 bits per heavy atom. The topological polar surface area (TPSA) is 60.5 Å². The van der Waals surface area contributed by atoms with Crippen LogP contribution in [0.5, 0.6) is 0 Å². The summed E-state index contributed by atoms with van der Waals surface area (Å²) in [5.41, 5.74) is 0.873. The Morgan fingerprint density at radius 3 is 2.62 bits per heavy atom. The van der Waals surface area contributed by atoms with E-state index in [1.54, 1.807) is 6.07 Å². The van der Waals surface area contributed by atoms with Crippen molar-refractivity contribution in [2.45, 2.75) is 0 Å². The SMILES string of the molecule is O=[N+]([O-])c1ccc(N2CC[N]CC2)c(Cl)c1. The second kappa shape index (κ2) is 4.67. The molecule has 1 aliphatic rings. The molecule has 0 bridgehead atoms. The lowest BCUT2D eigenvalue weighted by atomic mass is 10.2. The van der Waals surface area contributed by atoms with Crippen LogP contribution in [0, 0.1) is 10.1 Å². The predicted molar refractivity (Wildman–Crippen MR) is 62.2 cm³/mol. The molecule has 1 aromatic rings. The molecular formula is C10H11ClN3O2. The third kappa shape index (κ3) is 2.25. The minimum atomic E-state index is -0.443. The van der Waals surface area contributed by atoms with Crippen molar-refractivity contribution in [3.05, 3.63) is 33.3 Å². The van der Waals surface area contributed by atoms with Gasteiger partial charge in [-0.1, -0.05) is 11.6 Å². The molecule has 0 aromatic heterocycles. The van der Waals surface area contributed by atoms with Crippen LogP contribution in [0.15, 0.2) is 18.2 Å². The van der Waals surface area contributed by atoms with Gasteiger partial charge in [0.2, 0.25) is 0 Å². The smallest absolute Gasteiger partial charge is 0.271 e. The maximum Gasteiger partial charge on any atom is 0.271 e. The van der Waals surface area contributed by atoms with Gasteiger partial charge in [0.1, 0.15) is 0 Å². The molecule has 0 amide bonds. The molecule has 6 heteroatoms. The van der Waals surface area contributed by atoms with E-state index in [1.807, 2.05) is 0 Å². The lowest BCUT2D eigenvalue weighted by Gasteiger charge is -2.29. The minimum Gasteiger partial charge on any atom is -0.368 e. The fraction of sp³-hybridized carbons (Fsp3) is 0.400. The van der Waals surface area contributed by atoms with Gasteiger partial charge in [-0.15, -0.1) is 0 Å². The number of piperazine rings is 1. The van der Waals surface area contributed by atoms with Crippen LogP contribution in [0.25, 0.3) is 0 Å². The molecule has 1 aromatic carbocycles. The Morgan fingerprint density at radius 1 is 1.38 bits per heavy atom. The second-order valence-corrected chi connectivity index (χ2v) is 3.96. The first-order valence-corrected chi connectivity index (χ1v) is 5.38. The monoisotopic (exact) mass is 240 g/mol. The molecule has 0 spiro atoms. The van der Waals surface area contributed by atoms with Crippen LogP contribution in [0.2, 0.25) is 5.02 Å². The van der Waals surface area contributed by atoms with Gasteiger partial charge >= 0.3 is 0 Å². The van der Waals surface area contributed by atoms with Crippen molar-refractivity contribution in [1.29, 1.82) is 0 Å². The van der Waals surface area contributed by atoms with Crippen LogP contribution in [-0.4, -0.2) is 31.1 Å². The zero-order chi connectivity index (χ0) is 11.5. The highest BCUT2D eigenvalue weighted by Crippen LogP contribution is 2.29. The number of rotatable bonds is 2. The maximum absolute atomic E-state index is 10.6. The molecule has 0 atom stereocenters. The predicted octanol–water partition coefficient (Wildman–Crippen LogP) is 1.67. The molecule has 1 aliphatic heterocycles. The Hall–Kier alpha value is -1.33. The molecule has 16 heavy (non-hydrogen) atoms. The van der Waals surface area contributed by atoms with Crippen molar-refractivity contribution >= 4 is 23.0 Å². The summed E-state index contributed by atoms with van der Waals surface area (Å²) < 4.78 is 0. The third-order valence-electron chi connectivity index (χ3n) is 2.54. The molecular weight excluding hydrogens is 230 g/mol. The summed E-state index contributed by atoms with van der Waals surface area (Å²) in [4.78, 5) is 12.2. The van der Waals surface area contributed by atoms with Crippen LogP contribution < -0.4 is 10.2 Å². The highest BCUT2D eigenvalue weighted by atomic mass is 35.5. The van der Waals surface area contributed by atoms with E-state index >= 15 is 0 Å². The van der Waals surface area contributed by atoms with E-state index in [1.165, 1.54) is 12.1 Å². The van der Waals surface area contributed by atoms with Crippen molar-refractivity contribution in [3.8, 4) is 0 Å². The first-order valence-electron chi connectivity index (χ1n) is 5.00. The van der Waals surface area contributed by atoms with Gasteiger partial charge in [0, 0.05) is 38.3 Å². The van der Waals surface area contributed by atoms with Gasteiger partial charge in [-0.25, -0.2) is 5.32 Å². The number of halogens is 1. The van der Waals surface area contributed by atoms with Crippen molar-refractivity contribution in [3.63, 3.8) is 0 Å². The lowest BCUT2D eigenvalue weighted by Crippen LogP contribution is -2.40. The molecule has 0 saturated carbocycles. The standard InChI is InChI=1S/C10H11ClN3O2/c11-9-7-8(14(15)16)1-2-10(9)13-5-3-12-4-6-13/h1-2,7H,3-6H2. The quantitative estimate of drug-likeness (QED) is 0.584. The number of nitro groups is 1. The highest BCUT2D eigenvalue weighted by molar-refractivity contribution is 6.33. The molecule has 5 nitrogen and oxygen atoms in total. The average Bonchev–Trinajstić information content (AvgIpc) is 2.30. The summed E-state index contributed by atoms with van der Waals surface area (Å²) in [7, 11) is 0. The van der Waals surface area contributed by atoms with Gasteiger partial charge in [0.15, 0.2) is 0 Å². The summed E-state index contributed by atoms with van der Waals surface area (Å²) >= 11 is 6.03. The lowest BCUT2D eigenvalue weighted by molar-refractivity contribution is -0.384. The fourth-order valence-electron chi connectivity index (χ4n) is 1.71. The molecule has 1 fully saturated rings. The zero-order valence-corrected chi connectivity index (χ0v) is 9.35. The Bertz CT molecular complexity index is 405. The zero-order valence-electron chi connectivity index (χ0n) is 8.60. The molecule has 0 aliphatic carbocycles. The first kappa shape index (κ1) is 11.2. The van der Waals surface area contributed by atoms with Gasteiger partial charge in [-0.05, 0) is 6.07 Å². The first-order chi connectivity index (χ1) is 7.68. The van der Waals surface area contributed by atoms with Crippen LogP contribution >= 0.6 is 11.6 Å². The number of nitrogens with zero attached hydrogens (tertiary/aromatic N) is 3. The van der Waals surface area contributed by atoms with E-state index in [9.17, 15) is 10.1 Å².